The van der Waals surface area contributed by atoms with Crippen molar-refractivity contribution < 1.29 is 9.53 Å². The van der Waals surface area contributed by atoms with Crippen molar-refractivity contribution in [3.8, 4) is 11.4 Å². The number of methoxy groups -OCH3 is 1. The fourth-order valence-electron chi connectivity index (χ4n) is 2.13. The number of benzene rings is 2. The van der Waals surface area contributed by atoms with Crippen LogP contribution in [0.2, 0.25) is 0 Å². The fraction of sp³-hybridized carbons (Fsp3) is 0.176. The third kappa shape index (κ3) is 4.36. The van der Waals surface area contributed by atoms with Crippen molar-refractivity contribution in [3.05, 3.63) is 54.9 Å². The molecular formula is C17H17N5O2S. The van der Waals surface area contributed by atoms with E-state index in [1.165, 1.54) is 18.1 Å². The van der Waals surface area contributed by atoms with Crippen LogP contribution in [0.4, 0.5) is 5.69 Å². The van der Waals surface area contributed by atoms with E-state index in [2.05, 4.69) is 20.8 Å². The molecule has 7 nitrogen and oxygen atoms in total. The van der Waals surface area contributed by atoms with Crippen LogP contribution in [0.15, 0.2) is 59.8 Å². The van der Waals surface area contributed by atoms with E-state index in [0.717, 1.165) is 22.0 Å². The first-order valence-electron chi connectivity index (χ1n) is 7.61. The van der Waals surface area contributed by atoms with Gasteiger partial charge < -0.3 is 10.1 Å². The lowest BCUT2D eigenvalue weighted by atomic mass is 10.2. The minimum absolute atomic E-state index is 0.0593. The number of nitrogens with zero attached hydrogens (tertiary/aromatic N) is 4. The average Bonchev–Trinajstić information content (AvgIpc) is 3.17. The molecule has 1 heterocycles. The molecule has 0 bridgehead atoms. The molecule has 1 N–H and O–H groups in total. The summed E-state index contributed by atoms with van der Waals surface area (Å²) in [6.07, 6.45) is 1.52. The number of tetrazole rings is 1. The zero-order valence-electron chi connectivity index (χ0n) is 13.8. The molecule has 1 aromatic heterocycles. The molecule has 0 fully saturated rings. The van der Waals surface area contributed by atoms with Crippen LogP contribution in [0.1, 0.15) is 6.92 Å². The quantitative estimate of drug-likeness (QED) is 0.685. The van der Waals surface area contributed by atoms with Crippen molar-refractivity contribution >= 4 is 23.4 Å². The Morgan fingerprint density at radius 1 is 1.16 bits per heavy atom. The van der Waals surface area contributed by atoms with E-state index >= 15 is 0 Å². The van der Waals surface area contributed by atoms with E-state index in [0.29, 0.717) is 0 Å². The van der Waals surface area contributed by atoms with E-state index in [1.54, 1.807) is 11.8 Å². The summed E-state index contributed by atoms with van der Waals surface area (Å²) in [5, 5.41) is 13.7. The van der Waals surface area contributed by atoms with Crippen LogP contribution in [0, 0.1) is 0 Å². The molecule has 0 aliphatic rings. The maximum atomic E-state index is 12.4. The highest BCUT2D eigenvalue weighted by atomic mass is 32.2. The third-order valence-electron chi connectivity index (χ3n) is 3.49. The van der Waals surface area contributed by atoms with Crippen molar-refractivity contribution in [1.29, 1.82) is 0 Å². The molecule has 1 atom stereocenters. The summed E-state index contributed by atoms with van der Waals surface area (Å²) in [6, 6.07) is 15.0. The second-order valence-corrected chi connectivity index (χ2v) is 6.64. The normalized spacial score (nSPS) is 11.8. The van der Waals surface area contributed by atoms with Gasteiger partial charge in [0.2, 0.25) is 5.91 Å². The van der Waals surface area contributed by atoms with Gasteiger partial charge in [-0.25, -0.2) is 4.68 Å². The van der Waals surface area contributed by atoms with Crippen LogP contribution >= 0.6 is 11.8 Å². The molecule has 128 valence electrons. The Balaban J connectivity index is 1.59. The van der Waals surface area contributed by atoms with Crippen molar-refractivity contribution in [2.75, 3.05) is 12.4 Å². The molecule has 3 aromatic rings. The van der Waals surface area contributed by atoms with E-state index in [4.69, 9.17) is 4.74 Å². The summed E-state index contributed by atoms with van der Waals surface area (Å²) >= 11 is 1.49. The Kier molecular flexibility index (Phi) is 5.30. The standard InChI is InChI=1S/C17H17N5O2S/c1-12(25-16-9-7-15(24-2)8-10-16)17(23)19-13-3-5-14(6-4-13)22-11-18-20-21-22/h3-12H,1-2H3,(H,19,23). The molecule has 0 saturated carbocycles. The first-order chi connectivity index (χ1) is 12.2. The van der Waals surface area contributed by atoms with E-state index in [1.807, 2.05) is 55.5 Å². The second-order valence-electron chi connectivity index (χ2n) is 5.23. The summed E-state index contributed by atoms with van der Waals surface area (Å²) in [5.41, 5.74) is 1.55. The zero-order valence-corrected chi connectivity index (χ0v) is 14.6. The SMILES string of the molecule is COc1ccc(SC(C)C(=O)Nc2ccc(-n3cnnn3)cc2)cc1. The molecule has 0 radical (unpaired) electrons. The number of ether oxygens (including phenoxy) is 1. The number of hydrogen-bond donors (Lipinski definition) is 1. The van der Waals surface area contributed by atoms with Gasteiger partial charge in [-0.15, -0.1) is 16.9 Å². The number of anilines is 1. The highest BCUT2D eigenvalue weighted by molar-refractivity contribution is 8.00. The number of amides is 1. The van der Waals surface area contributed by atoms with Crippen LogP contribution in [0.25, 0.3) is 5.69 Å². The van der Waals surface area contributed by atoms with Gasteiger partial charge in [0.05, 0.1) is 18.0 Å². The van der Waals surface area contributed by atoms with Gasteiger partial charge in [0.15, 0.2) is 0 Å². The van der Waals surface area contributed by atoms with E-state index in [9.17, 15) is 4.79 Å². The van der Waals surface area contributed by atoms with Gasteiger partial charge in [-0.1, -0.05) is 0 Å². The molecular weight excluding hydrogens is 338 g/mol. The minimum atomic E-state index is -0.229. The molecule has 0 saturated heterocycles. The number of nitrogens with one attached hydrogen (secondary N) is 1. The smallest absolute Gasteiger partial charge is 0.237 e. The Hall–Kier alpha value is -2.87. The molecule has 0 spiro atoms. The van der Waals surface area contributed by atoms with Gasteiger partial charge in [0.1, 0.15) is 12.1 Å². The van der Waals surface area contributed by atoms with Crippen LogP contribution in [0.3, 0.4) is 0 Å². The first-order valence-corrected chi connectivity index (χ1v) is 8.48. The summed E-state index contributed by atoms with van der Waals surface area (Å²) in [7, 11) is 1.63. The highest BCUT2D eigenvalue weighted by Gasteiger charge is 2.14. The van der Waals surface area contributed by atoms with Gasteiger partial charge >= 0.3 is 0 Å². The number of carbonyl (C=O) groups is 1. The van der Waals surface area contributed by atoms with Crippen LogP contribution in [-0.4, -0.2) is 38.5 Å². The molecule has 2 aromatic carbocycles. The molecule has 1 amide bonds. The Bertz CT molecular complexity index is 819. The van der Waals surface area contributed by atoms with Crippen molar-refractivity contribution in [2.45, 2.75) is 17.1 Å². The lowest BCUT2D eigenvalue weighted by Gasteiger charge is -2.12. The van der Waals surface area contributed by atoms with Crippen molar-refractivity contribution in [1.82, 2.24) is 20.2 Å². The largest absolute Gasteiger partial charge is 0.497 e. The predicted octanol–water partition coefficient (Wildman–Crippen LogP) is 2.79. The van der Waals surface area contributed by atoms with Gasteiger partial charge in [0.25, 0.3) is 0 Å². The summed E-state index contributed by atoms with van der Waals surface area (Å²) < 4.78 is 6.68. The first kappa shape index (κ1) is 17.0. The number of rotatable bonds is 6. The van der Waals surface area contributed by atoms with Crippen LogP contribution in [-0.2, 0) is 4.79 Å². The Morgan fingerprint density at radius 2 is 1.88 bits per heavy atom. The molecule has 3 rings (SSSR count). The molecule has 1 unspecified atom stereocenters. The van der Waals surface area contributed by atoms with E-state index in [-0.39, 0.29) is 11.2 Å². The van der Waals surface area contributed by atoms with Gasteiger partial charge in [-0.05, 0) is 65.9 Å². The number of aromatic nitrogens is 4. The predicted molar refractivity (Wildman–Crippen MR) is 96.1 cm³/mol. The Labute approximate surface area is 149 Å². The maximum Gasteiger partial charge on any atom is 0.237 e. The number of hydrogen-bond acceptors (Lipinski definition) is 6. The maximum absolute atomic E-state index is 12.4. The number of thioether (sulfide) groups is 1. The summed E-state index contributed by atoms with van der Waals surface area (Å²) in [4.78, 5) is 13.4. The Morgan fingerprint density at radius 3 is 2.48 bits per heavy atom. The van der Waals surface area contributed by atoms with Gasteiger partial charge in [-0.3, -0.25) is 4.79 Å². The molecule has 8 heteroatoms. The second kappa shape index (κ2) is 7.80. The van der Waals surface area contributed by atoms with Crippen molar-refractivity contribution in [3.63, 3.8) is 0 Å². The molecule has 25 heavy (non-hydrogen) atoms. The lowest BCUT2D eigenvalue weighted by molar-refractivity contribution is -0.115. The van der Waals surface area contributed by atoms with Gasteiger partial charge in [-0.2, -0.15) is 0 Å². The van der Waals surface area contributed by atoms with Gasteiger partial charge in [0, 0.05) is 10.6 Å². The number of carbonyl (C=O) groups excluding carboxylic acids is 1. The topological polar surface area (TPSA) is 81.9 Å². The fourth-order valence-corrected chi connectivity index (χ4v) is 3.00. The monoisotopic (exact) mass is 355 g/mol. The van der Waals surface area contributed by atoms with Crippen molar-refractivity contribution in [2.24, 2.45) is 0 Å². The van der Waals surface area contributed by atoms with Crippen LogP contribution < -0.4 is 10.1 Å². The third-order valence-corrected chi connectivity index (χ3v) is 4.60. The summed E-state index contributed by atoms with van der Waals surface area (Å²) in [6.45, 7) is 1.87. The van der Waals surface area contributed by atoms with E-state index < -0.39 is 0 Å². The minimum Gasteiger partial charge on any atom is -0.497 e. The highest BCUT2D eigenvalue weighted by Crippen LogP contribution is 2.26. The molecule has 0 aliphatic carbocycles. The zero-order chi connectivity index (χ0) is 17.6. The molecule has 0 aliphatic heterocycles. The average molecular weight is 355 g/mol. The lowest BCUT2D eigenvalue weighted by Crippen LogP contribution is -2.22. The van der Waals surface area contributed by atoms with Crippen LogP contribution in [0.5, 0.6) is 5.75 Å². The summed E-state index contributed by atoms with van der Waals surface area (Å²) in [5.74, 6) is 0.736.